The summed E-state index contributed by atoms with van der Waals surface area (Å²) >= 11 is 3.35. The van der Waals surface area contributed by atoms with Crippen LogP contribution in [-0.2, 0) is 0 Å². The van der Waals surface area contributed by atoms with E-state index in [9.17, 15) is 9.59 Å². The summed E-state index contributed by atoms with van der Waals surface area (Å²) in [7, 11) is 0. The Balaban J connectivity index is 1.87. The van der Waals surface area contributed by atoms with Crippen LogP contribution in [0.3, 0.4) is 0 Å². The molecule has 0 aliphatic carbocycles. The van der Waals surface area contributed by atoms with Gasteiger partial charge in [0.25, 0.3) is 11.8 Å². The number of nitrogens with one attached hydrogen (secondary N) is 1. The monoisotopic (exact) mass is 360 g/mol. The Labute approximate surface area is 133 Å². The summed E-state index contributed by atoms with van der Waals surface area (Å²) in [4.78, 5) is 28.3. The van der Waals surface area contributed by atoms with Gasteiger partial charge in [-0.1, -0.05) is 0 Å². The molecule has 3 heterocycles. The summed E-state index contributed by atoms with van der Waals surface area (Å²) in [5.74, 6) is -0.844. The summed E-state index contributed by atoms with van der Waals surface area (Å²) in [5, 5.41) is 2.27. The van der Waals surface area contributed by atoms with E-state index in [1.54, 1.807) is 18.3 Å². The first-order chi connectivity index (χ1) is 10.7. The Morgan fingerprint density at radius 1 is 1.14 bits per heavy atom. The highest BCUT2D eigenvalue weighted by Gasteiger charge is 2.21. The van der Waals surface area contributed by atoms with Crippen LogP contribution in [0.25, 0.3) is 11.5 Å². The minimum absolute atomic E-state index is 0.219. The summed E-state index contributed by atoms with van der Waals surface area (Å²) in [5.41, 5.74) is 0.960. The van der Waals surface area contributed by atoms with Gasteiger partial charge in [0, 0.05) is 10.7 Å². The fourth-order valence-corrected chi connectivity index (χ4v) is 2.30. The number of imide groups is 1. The van der Waals surface area contributed by atoms with Crippen LogP contribution >= 0.6 is 15.9 Å². The predicted molar refractivity (Wildman–Crippen MR) is 80.1 cm³/mol. The highest BCUT2D eigenvalue weighted by molar-refractivity contribution is 9.10. The molecule has 0 aromatic carbocycles. The van der Waals surface area contributed by atoms with E-state index in [1.165, 1.54) is 30.9 Å². The Morgan fingerprint density at radius 3 is 2.73 bits per heavy atom. The van der Waals surface area contributed by atoms with Gasteiger partial charge in [-0.3, -0.25) is 19.9 Å². The maximum Gasteiger partial charge on any atom is 0.262 e. The van der Waals surface area contributed by atoms with Gasteiger partial charge in [-0.15, -0.1) is 0 Å². The van der Waals surface area contributed by atoms with Crippen molar-refractivity contribution in [2.75, 3.05) is 0 Å². The number of aromatic nitrogens is 1. The van der Waals surface area contributed by atoms with Crippen molar-refractivity contribution in [1.82, 2.24) is 10.3 Å². The molecule has 3 aromatic rings. The largest absolute Gasteiger partial charge is 0.472 e. The molecule has 6 nitrogen and oxygen atoms in total. The molecule has 7 heteroatoms. The molecule has 0 fully saturated rings. The molecule has 0 spiro atoms. The summed E-state index contributed by atoms with van der Waals surface area (Å²) in [6, 6.07) is 6.48. The number of halogens is 1. The van der Waals surface area contributed by atoms with E-state index >= 15 is 0 Å². The Bertz CT molecular complexity index is 824. The minimum Gasteiger partial charge on any atom is -0.472 e. The molecule has 0 unspecified atom stereocenters. The number of furan rings is 2. The van der Waals surface area contributed by atoms with E-state index < -0.39 is 11.8 Å². The first kappa shape index (κ1) is 14.3. The second kappa shape index (κ2) is 5.98. The van der Waals surface area contributed by atoms with E-state index in [4.69, 9.17) is 8.83 Å². The van der Waals surface area contributed by atoms with Crippen LogP contribution in [0.4, 0.5) is 0 Å². The van der Waals surface area contributed by atoms with Crippen LogP contribution < -0.4 is 5.32 Å². The second-order valence-electron chi connectivity index (χ2n) is 4.29. The fraction of sp³-hybridized carbons (Fsp3) is 0. The van der Waals surface area contributed by atoms with Gasteiger partial charge in [0.1, 0.15) is 12.0 Å². The quantitative estimate of drug-likeness (QED) is 0.724. The Hall–Kier alpha value is -2.67. The number of carbonyl (C=O) groups is 2. The predicted octanol–water partition coefficient (Wildman–Crippen LogP) is 3.27. The van der Waals surface area contributed by atoms with Gasteiger partial charge in [-0.2, -0.15) is 0 Å². The lowest BCUT2D eigenvalue weighted by Crippen LogP contribution is -2.30. The number of pyridine rings is 1. The van der Waals surface area contributed by atoms with E-state index in [-0.39, 0.29) is 16.9 Å². The summed E-state index contributed by atoms with van der Waals surface area (Å²) < 4.78 is 10.8. The molecule has 110 valence electrons. The zero-order valence-electron chi connectivity index (χ0n) is 11.1. The molecule has 0 radical (unpaired) electrons. The highest BCUT2D eigenvalue weighted by atomic mass is 79.9. The molecule has 0 saturated carbocycles. The molecule has 0 atom stereocenters. The molecule has 0 bridgehead atoms. The standard InChI is InChI=1S/C15H9BrN2O4/c16-11-2-1-5-17-12(11)13-10(4-7-22-13)15(20)18-14(19)9-3-6-21-8-9/h1-8H,(H,18,19,20). The van der Waals surface area contributed by atoms with Gasteiger partial charge in [0.05, 0.1) is 23.7 Å². The number of hydrogen-bond donors (Lipinski definition) is 1. The lowest BCUT2D eigenvalue weighted by Gasteiger charge is -2.04. The van der Waals surface area contributed by atoms with Crippen LogP contribution in [0, 0.1) is 0 Å². The molecule has 1 N–H and O–H groups in total. The first-order valence-corrected chi connectivity index (χ1v) is 7.02. The molecular formula is C15H9BrN2O4. The fourth-order valence-electron chi connectivity index (χ4n) is 1.86. The van der Waals surface area contributed by atoms with Crippen molar-refractivity contribution in [3.8, 4) is 11.5 Å². The molecule has 22 heavy (non-hydrogen) atoms. The van der Waals surface area contributed by atoms with Crippen LogP contribution in [0.1, 0.15) is 20.7 Å². The van der Waals surface area contributed by atoms with Crippen molar-refractivity contribution in [3.63, 3.8) is 0 Å². The molecular weight excluding hydrogens is 352 g/mol. The van der Waals surface area contributed by atoms with Gasteiger partial charge >= 0.3 is 0 Å². The van der Waals surface area contributed by atoms with E-state index in [1.807, 2.05) is 0 Å². The van der Waals surface area contributed by atoms with Crippen molar-refractivity contribution in [3.05, 3.63) is 64.9 Å². The number of hydrogen-bond acceptors (Lipinski definition) is 5. The van der Waals surface area contributed by atoms with Gasteiger partial charge < -0.3 is 8.83 Å². The molecule has 0 saturated heterocycles. The third-order valence-electron chi connectivity index (χ3n) is 2.89. The van der Waals surface area contributed by atoms with Gasteiger partial charge in [0.15, 0.2) is 5.76 Å². The number of amides is 2. The minimum atomic E-state index is -0.576. The zero-order valence-corrected chi connectivity index (χ0v) is 12.7. The summed E-state index contributed by atoms with van der Waals surface area (Å²) in [6.45, 7) is 0. The van der Waals surface area contributed by atoms with Crippen LogP contribution in [0.15, 0.2) is 62.6 Å². The van der Waals surface area contributed by atoms with E-state index in [0.29, 0.717) is 10.2 Å². The summed E-state index contributed by atoms with van der Waals surface area (Å²) in [6.07, 6.45) is 5.57. The maximum absolute atomic E-state index is 12.3. The normalized spacial score (nSPS) is 10.4. The van der Waals surface area contributed by atoms with E-state index in [0.717, 1.165) is 0 Å². The third kappa shape index (κ3) is 2.71. The van der Waals surface area contributed by atoms with Crippen molar-refractivity contribution in [2.45, 2.75) is 0 Å². The number of nitrogens with zero attached hydrogens (tertiary/aromatic N) is 1. The van der Waals surface area contributed by atoms with Crippen LogP contribution in [0.5, 0.6) is 0 Å². The molecule has 2 amide bonds. The topological polar surface area (TPSA) is 85.3 Å². The maximum atomic E-state index is 12.3. The van der Waals surface area contributed by atoms with Gasteiger partial charge in [-0.25, -0.2) is 0 Å². The van der Waals surface area contributed by atoms with Crippen molar-refractivity contribution in [1.29, 1.82) is 0 Å². The number of carbonyl (C=O) groups excluding carboxylic acids is 2. The van der Waals surface area contributed by atoms with Crippen molar-refractivity contribution < 1.29 is 18.4 Å². The SMILES string of the molecule is O=C(NC(=O)c1ccoc1-c1ncccc1Br)c1ccoc1. The lowest BCUT2D eigenvalue weighted by molar-refractivity contribution is 0.0849. The van der Waals surface area contributed by atoms with Crippen LogP contribution in [0.2, 0.25) is 0 Å². The highest BCUT2D eigenvalue weighted by Crippen LogP contribution is 2.29. The Kier molecular flexibility index (Phi) is 3.88. The second-order valence-corrected chi connectivity index (χ2v) is 5.15. The molecule has 0 aliphatic heterocycles. The number of rotatable bonds is 3. The first-order valence-electron chi connectivity index (χ1n) is 6.23. The Morgan fingerprint density at radius 2 is 2.00 bits per heavy atom. The van der Waals surface area contributed by atoms with Crippen molar-refractivity contribution >= 4 is 27.7 Å². The molecule has 0 aliphatic rings. The zero-order chi connectivity index (χ0) is 15.5. The van der Waals surface area contributed by atoms with E-state index in [2.05, 4.69) is 26.2 Å². The van der Waals surface area contributed by atoms with Gasteiger partial charge in [0.2, 0.25) is 0 Å². The third-order valence-corrected chi connectivity index (χ3v) is 3.53. The van der Waals surface area contributed by atoms with Crippen molar-refractivity contribution in [2.24, 2.45) is 0 Å². The van der Waals surface area contributed by atoms with Crippen LogP contribution in [-0.4, -0.2) is 16.8 Å². The smallest absolute Gasteiger partial charge is 0.262 e. The van der Waals surface area contributed by atoms with Gasteiger partial charge in [-0.05, 0) is 40.2 Å². The molecule has 3 rings (SSSR count). The average Bonchev–Trinajstić information content (AvgIpc) is 3.19. The lowest BCUT2D eigenvalue weighted by atomic mass is 10.1. The average molecular weight is 361 g/mol. The molecule has 3 aromatic heterocycles.